The Labute approximate surface area is 175 Å². The number of aliphatic hydroxyl groups excluding tert-OH is 2. The van der Waals surface area contributed by atoms with E-state index in [1.165, 1.54) is 25.7 Å². The zero-order valence-electron chi connectivity index (χ0n) is 18.6. The molecule has 29 heavy (non-hydrogen) atoms. The maximum atomic E-state index is 12.6. The Kier molecular flexibility index (Phi) is 5.92. The topological polar surface area (TPSA) is 57.5 Å². The first-order chi connectivity index (χ1) is 13.7. The van der Waals surface area contributed by atoms with Gasteiger partial charge in [-0.15, -0.1) is 0 Å². The standard InChI is InChI=1S/C25H41FO3/c1-15(4-5-18(28)14-26)19-6-7-20-23-21(9-11-25(19,20)3)24(2)10-8-17(27)12-16(24)13-22(23)29/h15-17,19-23,27,29H,4-14H2,1-3H3/t15-,16+,17-,19-,20+,21+,22-,23+,24+,25-/m1/s1. The average Bonchev–Trinajstić information content (AvgIpc) is 3.04. The van der Waals surface area contributed by atoms with Gasteiger partial charge >= 0.3 is 0 Å². The summed E-state index contributed by atoms with van der Waals surface area (Å²) in [7, 11) is 0. The van der Waals surface area contributed by atoms with E-state index in [-0.39, 0.29) is 28.8 Å². The van der Waals surface area contributed by atoms with Crippen LogP contribution in [0.2, 0.25) is 0 Å². The number of rotatable bonds is 5. The SMILES string of the molecule is C[C@H](CCC(=O)CF)[C@H]1CC[C@H]2[C@@H]3[C@H](O)C[C@@H]4C[C@H](O)CC[C@]4(C)[C@H]3CC[C@]12C. The van der Waals surface area contributed by atoms with Crippen LogP contribution in [0, 0.1) is 46.3 Å². The average molecular weight is 409 g/mol. The monoisotopic (exact) mass is 408 g/mol. The Morgan fingerprint density at radius 2 is 1.72 bits per heavy atom. The molecule has 3 nitrogen and oxygen atoms in total. The lowest BCUT2D eigenvalue weighted by Gasteiger charge is -2.62. The molecule has 0 radical (unpaired) electrons. The molecule has 0 aromatic carbocycles. The molecule has 4 aliphatic carbocycles. The number of alkyl halides is 1. The highest BCUT2D eigenvalue weighted by molar-refractivity contribution is 5.79. The van der Waals surface area contributed by atoms with E-state index in [0.717, 1.165) is 32.1 Å². The summed E-state index contributed by atoms with van der Waals surface area (Å²) in [6.45, 7) is 6.33. The molecule has 0 spiro atoms. The van der Waals surface area contributed by atoms with E-state index in [0.29, 0.717) is 41.9 Å². The van der Waals surface area contributed by atoms with E-state index in [4.69, 9.17) is 0 Å². The summed E-state index contributed by atoms with van der Waals surface area (Å²) < 4.78 is 12.6. The van der Waals surface area contributed by atoms with Crippen LogP contribution >= 0.6 is 0 Å². The minimum Gasteiger partial charge on any atom is -0.393 e. The predicted molar refractivity (Wildman–Crippen MR) is 112 cm³/mol. The largest absolute Gasteiger partial charge is 0.393 e. The number of hydrogen-bond acceptors (Lipinski definition) is 3. The highest BCUT2D eigenvalue weighted by Gasteiger charge is 2.62. The molecule has 0 aliphatic heterocycles. The number of halogens is 1. The summed E-state index contributed by atoms with van der Waals surface area (Å²) in [5.74, 6) is 2.72. The second-order valence-electron chi connectivity index (χ2n) is 11.6. The number of carbonyl (C=O) groups excluding carboxylic acids is 1. The van der Waals surface area contributed by atoms with E-state index in [2.05, 4.69) is 20.8 Å². The fourth-order valence-corrected chi connectivity index (χ4v) is 8.83. The molecule has 4 aliphatic rings. The molecule has 0 bridgehead atoms. The second-order valence-corrected chi connectivity index (χ2v) is 11.6. The zero-order chi connectivity index (χ0) is 21.0. The van der Waals surface area contributed by atoms with Crippen molar-refractivity contribution < 1.29 is 19.4 Å². The van der Waals surface area contributed by atoms with Crippen molar-refractivity contribution in [3.63, 3.8) is 0 Å². The van der Waals surface area contributed by atoms with Gasteiger partial charge in [-0.05, 0) is 104 Å². The van der Waals surface area contributed by atoms with E-state index >= 15 is 0 Å². The van der Waals surface area contributed by atoms with Crippen LogP contribution in [0.5, 0.6) is 0 Å². The molecule has 4 heteroatoms. The Bertz CT molecular complexity index is 623. The van der Waals surface area contributed by atoms with Crippen LogP contribution in [0.15, 0.2) is 0 Å². The maximum Gasteiger partial charge on any atom is 0.163 e. The molecule has 166 valence electrons. The van der Waals surface area contributed by atoms with Crippen LogP contribution in [0.25, 0.3) is 0 Å². The predicted octanol–water partition coefficient (Wildman–Crippen LogP) is 4.93. The molecule has 2 N–H and O–H groups in total. The minimum atomic E-state index is -0.832. The molecule has 0 amide bonds. The van der Waals surface area contributed by atoms with Crippen molar-refractivity contribution in [1.29, 1.82) is 0 Å². The molecule has 4 saturated carbocycles. The lowest BCUT2D eigenvalue weighted by Crippen LogP contribution is -2.58. The van der Waals surface area contributed by atoms with Crippen LogP contribution < -0.4 is 0 Å². The number of Topliss-reactive ketones (excluding diaryl/α,β-unsaturated/α-hetero) is 1. The lowest BCUT2D eigenvalue weighted by molar-refractivity contribution is -0.174. The van der Waals surface area contributed by atoms with Crippen LogP contribution in [0.1, 0.15) is 85.0 Å². The number of aliphatic hydroxyl groups is 2. The quantitative estimate of drug-likeness (QED) is 0.678. The van der Waals surface area contributed by atoms with Crippen molar-refractivity contribution in [2.45, 2.75) is 97.2 Å². The highest BCUT2D eigenvalue weighted by atomic mass is 19.1. The lowest BCUT2D eigenvalue weighted by atomic mass is 9.43. The van der Waals surface area contributed by atoms with E-state index < -0.39 is 6.67 Å². The van der Waals surface area contributed by atoms with Gasteiger partial charge in [0.1, 0.15) is 6.67 Å². The van der Waals surface area contributed by atoms with Gasteiger partial charge in [0.25, 0.3) is 0 Å². The van der Waals surface area contributed by atoms with Crippen LogP contribution in [-0.4, -0.2) is 34.9 Å². The highest BCUT2D eigenvalue weighted by Crippen LogP contribution is 2.68. The third-order valence-electron chi connectivity index (χ3n) is 10.4. The molecule has 10 atom stereocenters. The smallest absolute Gasteiger partial charge is 0.163 e. The van der Waals surface area contributed by atoms with Crippen LogP contribution in [0.3, 0.4) is 0 Å². The Morgan fingerprint density at radius 1 is 1.03 bits per heavy atom. The fraction of sp³-hybridized carbons (Fsp3) is 0.960. The van der Waals surface area contributed by atoms with Crippen molar-refractivity contribution >= 4 is 5.78 Å². The number of ketones is 1. The van der Waals surface area contributed by atoms with Gasteiger partial charge in [-0.2, -0.15) is 0 Å². The summed E-state index contributed by atoms with van der Waals surface area (Å²) in [6, 6.07) is 0. The normalized spacial score (nSPS) is 50.3. The van der Waals surface area contributed by atoms with Gasteiger partial charge in [-0.1, -0.05) is 20.8 Å². The van der Waals surface area contributed by atoms with E-state index in [9.17, 15) is 19.4 Å². The van der Waals surface area contributed by atoms with Crippen molar-refractivity contribution in [2.75, 3.05) is 6.67 Å². The van der Waals surface area contributed by atoms with Crippen molar-refractivity contribution in [3.8, 4) is 0 Å². The molecule has 0 aromatic heterocycles. The number of carbonyl (C=O) groups is 1. The molecule has 0 unspecified atom stereocenters. The second kappa shape index (κ2) is 7.89. The van der Waals surface area contributed by atoms with Crippen molar-refractivity contribution in [3.05, 3.63) is 0 Å². The van der Waals surface area contributed by atoms with Gasteiger partial charge in [0.2, 0.25) is 0 Å². The van der Waals surface area contributed by atoms with Gasteiger partial charge in [-0.25, -0.2) is 4.39 Å². The maximum absolute atomic E-state index is 12.6. The Morgan fingerprint density at radius 3 is 2.45 bits per heavy atom. The van der Waals surface area contributed by atoms with E-state index in [1.54, 1.807) is 0 Å². The van der Waals surface area contributed by atoms with Crippen molar-refractivity contribution in [1.82, 2.24) is 0 Å². The number of hydrogen-bond donors (Lipinski definition) is 2. The van der Waals surface area contributed by atoms with Gasteiger partial charge < -0.3 is 10.2 Å². The molecule has 0 saturated heterocycles. The summed E-state index contributed by atoms with van der Waals surface area (Å²) in [5, 5.41) is 21.5. The first kappa shape index (κ1) is 21.7. The summed E-state index contributed by atoms with van der Waals surface area (Å²) >= 11 is 0. The molecule has 0 heterocycles. The zero-order valence-corrected chi connectivity index (χ0v) is 18.6. The number of fused-ring (bicyclic) bond motifs is 5. The van der Waals surface area contributed by atoms with Gasteiger partial charge in [-0.3, -0.25) is 4.79 Å². The van der Waals surface area contributed by atoms with Crippen molar-refractivity contribution in [2.24, 2.45) is 46.3 Å². The molecular formula is C25H41FO3. The third kappa shape index (κ3) is 3.50. The van der Waals surface area contributed by atoms with Gasteiger partial charge in [0, 0.05) is 6.42 Å². The third-order valence-corrected chi connectivity index (χ3v) is 10.4. The summed E-state index contributed by atoms with van der Waals surface area (Å²) in [5.41, 5.74) is 0.499. The summed E-state index contributed by atoms with van der Waals surface area (Å²) in [4.78, 5) is 11.5. The molecule has 4 fully saturated rings. The molecule has 0 aromatic rings. The first-order valence-corrected chi connectivity index (χ1v) is 12.1. The van der Waals surface area contributed by atoms with E-state index in [1.807, 2.05) is 0 Å². The summed E-state index contributed by atoms with van der Waals surface area (Å²) in [6.07, 6.45) is 9.23. The van der Waals surface area contributed by atoms with Crippen LogP contribution in [-0.2, 0) is 4.79 Å². The Balaban J connectivity index is 1.53. The van der Waals surface area contributed by atoms with Crippen LogP contribution in [0.4, 0.5) is 4.39 Å². The first-order valence-electron chi connectivity index (χ1n) is 12.1. The minimum absolute atomic E-state index is 0.186. The Hall–Kier alpha value is -0.480. The molecule has 4 rings (SSSR count). The molecular weight excluding hydrogens is 367 g/mol. The fourth-order valence-electron chi connectivity index (χ4n) is 8.83. The van der Waals surface area contributed by atoms with Gasteiger partial charge in [0.15, 0.2) is 5.78 Å². The van der Waals surface area contributed by atoms with Gasteiger partial charge in [0.05, 0.1) is 12.2 Å².